The van der Waals surface area contributed by atoms with Gasteiger partial charge in [0.05, 0.1) is 5.25 Å². The monoisotopic (exact) mass is 265 g/mol. The van der Waals surface area contributed by atoms with E-state index in [1.54, 1.807) is 14.0 Å². The molecule has 6 heteroatoms. The maximum Gasteiger partial charge on any atom is 0.215 e. The Balaban J connectivity index is 3.87. The Kier molecular flexibility index (Phi) is 8.77. The SMILES string of the molecule is CCN(CC)CCCNS(=O)(=O)C(C)CNC. The molecular formula is C11H27N3O2S. The zero-order chi connectivity index (χ0) is 13.3. The van der Waals surface area contributed by atoms with Crippen LogP contribution in [0.25, 0.3) is 0 Å². The molecule has 0 spiro atoms. The highest BCUT2D eigenvalue weighted by molar-refractivity contribution is 7.90. The lowest BCUT2D eigenvalue weighted by Crippen LogP contribution is -2.39. The summed E-state index contributed by atoms with van der Waals surface area (Å²) in [4.78, 5) is 2.28. The molecule has 0 rings (SSSR count). The third kappa shape index (κ3) is 6.98. The minimum Gasteiger partial charge on any atom is -0.318 e. The van der Waals surface area contributed by atoms with Gasteiger partial charge in [-0.2, -0.15) is 0 Å². The Morgan fingerprint density at radius 2 is 1.82 bits per heavy atom. The third-order valence-corrected chi connectivity index (χ3v) is 4.70. The van der Waals surface area contributed by atoms with E-state index in [0.717, 1.165) is 26.1 Å². The molecule has 0 aliphatic rings. The van der Waals surface area contributed by atoms with E-state index in [2.05, 4.69) is 28.8 Å². The largest absolute Gasteiger partial charge is 0.318 e. The van der Waals surface area contributed by atoms with Crippen molar-refractivity contribution in [3.05, 3.63) is 0 Å². The van der Waals surface area contributed by atoms with Crippen LogP contribution >= 0.6 is 0 Å². The van der Waals surface area contributed by atoms with Crippen LogP contribution in [0.15, 0.2) is 0 Å². The van der Waals surface area contributed by atoms with Crippen molar-refractivity contribution >= 4 is 10.0 Å². The summed E-state index contributed by atoms with van der Waals surface area (Å²) in [7, 11) is -1.41. The maximum absolute atomic E-state index is 11.7. The Hall–Kier alpha value is -0.170. The molecule has 0 aromatic carbocycles. The van der Waals surface area contributed by atoms with Gasteiger partial charge in [-0.15, -0.1) is 0 Å². The second kappa shape index (κ2) is 8.85. The van der Waals surface area contributed by atoms with Gasteiger partial charge in [0.15, 0.2) is 0 Å². The lowest BCUT2D eigenvalue weighted by Gasteiger charge is -2.18. The van der Waals surface area contributed by atoms with Crippen molar-refractivity contribution in [3.8, 4) is 0 Å². The van der Waals surface area contributed by atoms with Gasteiger partial charge < -0.3 is 10.2 Å². The van der Waals surface area contributed by atoms with Gasteiger partial charge in [-0.3, -0.25) is 0 Å². The van der Waals surface area contributed by atoms with E-state index in [0.29, 0.717) is 13.1 Å². The summed E-state index contributed by atoms with van der Waals surface area (Å²) in [6.07, 6.45) is 0.854. The Labute approximate surface area is 106 Å². The predicted molar refractivity (Wildman–Crippen MR) is 72.7 cm³/mol. The van der Waals surface area contributed by atoms with Crippen LogP contribution in [0.4, 0.5) is 0 Å². The average Bonchev–Trinajstić information content (AvgIpc) is 2.29. The van der Waals surface area contributed by atoms with Crippen molar-refractivity contribution in [1.29, 1.82) is 0 Å². The first-order valence-corrected chi connectivity index (χ1v) is 7.88. The van der Waals surface area contributed by atoms with Crippen molar-refractivity contribution in [2.24, 2.45) is 0 Å². The molecule has 0 amide bonds. The molecule has 1 unspecified atom stereocenters. The van der Waals surface area contributed by atoms with Crippen LogP contribution < -0.4 is 10.0 Å². The molecule has 2 N–H and O–H groups in total. The Morgan fingerprint density at radius 1 is 1.24 bits per heavy atom. The Bertz CT molecular complexity index is 276. The molecular weight excluding hydrogens is 238 g/mol. The molecule has 0 radical (unpaired) electrons. The minimum absolute atomic E-state index is 0.388. The van der Waals surface area contributed by atoms with Gasteiger partial charge in [-0.25, -0.2) is 13.1 Å². The zero-order valence-electron chi connectivity index (χ0n) is 11.5. The van der Waals surface area contributed by atoms with E-state index in [-0.39, 0.29) is 5.25 Å². The summed E-state index contributed by atoms with van der Waals surface area (Å²) in [6, 6.07) is 0. The van der Waals surface area contributed by atoms with Gasteiger partial charge >= 0.3 is 0 Å². The molecule has 0 saturated heterocycles. The lowest BCUT2D eigenvalue weighted by atomic mass is 10.4. The summed E-state index contributed by atoms with van der Waals surface area (Å²) in [5.74, 6) is 0. The lowest BCUT2D eigenvalue weighted by molar-refractivity contribution is 0.300. The van der Waals surface area contributed by atoms with Gasteiger partial charge in [-0.1, -0.05) is 13.8 Å². The van der Waals surface area contributed by atoms with Crippen LogP contribution in [-0.2, 0) is 10.0 Å². The van der Waals surface area contributed by atoms with Crippen LogP contribution in [0.3, 0.4) is 0 Å². The highest BCUT2D eigenvalue weighted by atomic mass is 32.2. The summed E-state index contributed by atoms with van der Waals surface area (Å²) in [6.45, 7) is 9.90. The van der Waals surface area contributed by atoms with Crippen LogP contribution in [0.5, 0.6) is 0 Å². The van der Waals surface area contributed by atoms with E-state index in [9.17, 15) is 8.42 Å². The average molecular weight is 265 g/mol. The second-order valence-corrected chi connectivity index (χ2v) is 6.37. The molecule has 0 aliphatic carbocycles. The highest BCUT2D eigenvalue weighted by Gasteiger charge is 2.18. The van der Waals surface area contributed by atoms with Crippen molar-refractivity contribution in [2.75, 3.05) is 39.8 Å². The van der Waals surface area contributed by atoms with Crippen LogP contribution in [0.2, 0.25) is 0 Å². The van der Waals surface area contributed by atoms with Crippen molar-refractivity contribution in [1.82, 2.24) is 14.9 Å². The molecule has 0 aromatic rings. The van der Waals surface area contributed by atoms with E-state index in [1.807, 2.05) is 0 Å². The predicted octanol–water partition coefficient (Wildman–Crippen LogP) is 0.246. The second-order valence-electron chi connectivity index (χ2n) is 4.19. The number of hydrogen-bond acceptors (Lipinski definition) is 4. The van der Waals surface area contributed by atoms with Crippen LogP contribution in [0.1, 0.15) is 27.2 Å². The molecule has 0 aliphatic heterocycles. The smallest absolute Gasteiger partial charge is 0.215 e. The number of nitrogens with zero attached hydrogens (tertiary/aromatic N) is 1. The van der Waals surface area contributed by atoms with E-state index in [4.69, 9.17) is 0 Å². The fourth-order valence-corrected chi connectivity index (χ4v) is 2.70. The van der Waals surface area contributed by atoms with Crippen LogP contribution in [-0.4, -0.2) is 58.3 Å². The van der Waals surface area contributed by atoms with Gasteiger partial charge in [0.25, 0.3) is 0 Å². The van der Waals surface area contributed by atoms with E-state index >= 15 is 0 Å². The number of rotatable bonds is 10. The van der Waals surface area contributed by atoms with Gasteiger partial charge in [0.1, 0.15) is 0 Å². The molecule has 104 valence electrons. The van der Waals surface area contributed by atoms with Gasteiger partial charge in [-0.05, 0) is 40.0 Å². The van der Waals surface area contributed by atoms with Crippen LogP contribution in [0, 0.1) is 0 Å². The maximum atomic E-state index is 11.7. The molecule has 5 nitrogen and oxygen atoms in total. The first-order valence-electron chi connectivity index (χ1n) is 6.33. The normalized spacial score (nSPS) is 14.2. The van der Waals surface area contributed by atoms with Crippen molar-refractivity contribution in [2.45, 2.75) is 32.4 Å². The van der Waals surface area contributed by atoms with Crippen molar-refractivity contribution < 1.29 is 8.42 Å². The zero-order valence-corrected chi connectivity index (χ0v) is 12.3. The van der Waals surface area contributed by atoms with Gasteiger partial charge in [0.2, 0.25) is 10.0 Å². The summed E-state index contributed by atoms with van der Waals surface area (Å²) >= 11 is 0. The summed E-state index contributed by atoms with van der Waals surface area (Å²) in [5, 5.41) is 2.49. The highest BCUT2D eigenvalue weighted by Crippen LogP contribution is 1.97. The Morgan fingerprint density at radius 3 is 2.29 bits per heavy atom. The fourth-order valence-electron chi connectivity index (χ4n) is 1.60. The number of hydrogen-bond donors (Lipinski definition) is 2. The molecule has 0 aromatic heterocycles. The fraction of sp³-hybridized carbons (Fsp3) is 1.00. The van der Waals surface area contributed by atoms with E-state index in [1.165, 1.54) is 0 Å². The number of sulfonamides is 1. The molecule has 0 bridgehead atoms. The summed E-state index contributed by atoms with van der Waals surface area (Å²) < 4.78 is 26.1. The third-order valence-electron chi connectivity index (χ3n) is 2.87. The molecule has 0 fully saturated rings. The first-order chi connectivity index (χ1) is 7.97. The summed E-state index contributed by atoms with van der Waals surface area (Å²) in [5.41, 5.74) is 0. The minimum atomic E-state index is -3.16. The topological polar surface area (TPSA) is 61.4 Å². The van der Waals surface area contributed by atoms with Gasteiger partial charge in [0, 0.05) is 13.1 Å². The van der Waals surface area contributed by atoms with E-state index < -0.39 is 10.0 Å². The quantitative estimate of drug-likeness (QED) is 0.556. The molecule has 0 heterocycles. The standard InChI is InChI=1S/C11H27N3O2S/c1-5-14(6-2)9-7-8-13-17(15,16)11(3)10-12-4/h11-13H,5-10H2,1-4H3. The van der Waals surface area contributed by atoms with Crippen molar-refractivity contribution in [3.63, 3.8) is 0 Å². The first kappa shape index (κ1) is 16.8. The molecule has 0 saturated carbocycles. The molecule has 1 atom stereocenters. The molecule has 17 heavy (non-hydrogen) atoms. The number of nitrogens with one attached hydrogen (secondary N) is 2.